The Morgan fingerprint density at radius 3 is 2.11 bits per heavy atom. The van der Waals surface area contributed by atoms with Gasteiger partial charge in [0.15, 0.2) is 0 Å². The molecule has 0 radical (unpaired) electrons. The minimum absolute atomic E-state index is 0. The molecule has 0 aromatic heterocycles. The molecule has 0 aliphatic carbocycles. The molecule has 3 nitrogen and oxygen atoms in total. The van der Waals surface area contributed by atoms with E-state index in [2.05, 4.69) is 0 Å². The summed E-state index contributed by atoms with van der Waals surface area (Å²) in [7, 11) is 0. The summed E-state index contributed by atoms with van der Waals surface area (Å²) in [5.74, 6) is 4.94. The predicted molar refractivity (Wildman–Crippen MR) is 71.1 cm³/mol. The van der Waals surface area contributed by atoms with E-state index in [0.717, 1.165) is 5.01 Å². The molecule has 0 unspecified atom stereocenters. The first-order chi connectivity index (χ1) is 8.18. The fraction of sp³-hybridized carbons (Fsp3) is 0. The normalized spacial score (nSPS) is 9.44. The van der Waals surface area contributed by atoms with Crippen molar-refractivity contribution < 1.29 is 9.18 Å². The van der Waals surface area contributed by atoms with Gasteiger partial charge in [0.1, 0.15) is 5.82 Å². The third kappa shape index (κ3) is 3.06. The molecule has 0 spiro atoms. The maximum atomic E-state index is 12.7. The summed E-state index contributed by atoms with van der Waals surface area (Å²) < 4.78 is 12.7. The van der Waals surface area contributed by atoms with Gasteiger partial charge >= 0.3 is 0 Å². The number of amides is 1. The third-order valence-electron chi connectivity index (χ3n) is 2.34. The second-order valence-electron chi connectivity index (χ2n) is 3.52. The Bertz CT molecular complexity index is 516. The van der Waals surface area contributed by atoms with Crippen molar-refractivity contribution in [1.82, 2.24) is 0 Å². The lowest BCUT2D eigenvalue weighted by atomic mass is 10.2. The maximum absolute atomic E-state index is 12.7. The molecule has 0 atom stereocenters. The Labute approximate surface area is 110 Å². The number of hydrogen-bond acceptors (Lipinski definition) is 2. The smallest absolute Gasteiger partial charge is 0.267 e. The molecule has 2 aromatic carbocycles. The molecule has 2 aromatic rings. The Kier molecular flexibility index (Phi) is 4.83. The standard InChI is InChI=1S/C13H11FN2O.ClH/c14-11-8-6-10(7-9-11)13(17)16(15)12-4-2-1-3-5-12;/h1-9H,15H2;1H. The molecule has 1 amide bonds. The summed E-state index contributed by atoms with van der Waals surface area (Å²) in [6.45, 7) is 0. The number of nitrogens with two attached hydrogens (primary N) is 1. The minimum Gasteiger partial charge on any atom is -0.267 e. The molecule has 0 saturated carbocycles. The first kappa shape index (κ1) is 14.2. The number of carbonyl (C=O) groups is 1. The first-order valence-corrected chi connectivity index (χ1v) is 5.08. The monoisotopic (exact) mass is 266 g/mol. The van der Waals surface area contributed by atoms with Gasteiger partial charge in [-0.15, -0.1) is 12.4 Å². The van der Waals surface area contributed by atoms with Crippen LogP contribution in [0.15, 0.2) is 54.6 Å². The number of rotatable bonds is 2. The number of carbonyl (C=O) groups excluding carboxylic acids is 1. The summed E-state index contributed by atoms with van der Waals surface area (Å²) in [4.78, 5) is 11.9. The van der Waals surface area contributed by atoms with Gasteiger partial charge in [-0.2, -0.15) is 0 Å². The molecule has 18 heavy (non-hydrogen) atoms. The van der Waals surface area contributed by atoms with Crippen LogP contribution < -0.4 is 10.9 Å². The van der Waals surface area contributed by atoms with Crippen LogP contribution in [-0.2, 0) is 0 Å². The molecule has 94 valence electrons. The number of para-hydroxylation sites is 1. The van der Waals surface area contributed by atoms with E-state index in [1.807, 2.05) is 6.07 Å². The van der Waals surface area contributed by atoms with Crippen LogP contribution in [-0.4, -0.2) is 5.91 Å². The third-order valence-corrected chi connectivity index (χ3v) is 2.34. The van der Waals surface area contributed by atoms with Crippen LogP contribution in [0.25, 0.3) is 0 Å². The van der Waals surface area contributed by atoms with Gasteiger partial charge in [0.2, 0.25) is 0 Å². The molecular weight excluding hydrogens is 255 g/mol. The summed E-state index contributed by atoms with van der Waals surface area (Å²) in [6, 6.07) is 14.1. The van der Waals surface area contributed by atoms with Gasteiger partial charge in [-0.3, -0.25) is 4.79 Å². The molecule has 5 heteroatoms. The summed E-state index contributed by atoms with van der Waals surface area (Å²) >= 11 is 0. The average molecular weight is 267 g/mol. The molecule has 2 rings (SSSR count). The second kappa shape index (κ2) is 6.14. The van der Waals surface area contributed by atoms with E-state index in [1.54, 1.807) is 24.3 Å². The van der Waals surface area contributed by atoms with Crippen molar-refractivity contribution in [3.05, 3.63) is 66.0 Å². The average Bonchev–Trinajstić information content (AvgIpc) is 2.39. The molecule has 0 bridgehead atoms. The Balaban J connectivity index is 0.00000162. The SMILES string of the molecule is Cl.NN(C(=O)c1ccc(F)cc1)c1ccccc1. The van der Waals surface area contributed by atoms with Crippen molar-refractivity contribution in [3.63, 3.8) is 0 Å². The lowest BCUT2D eigenvalue weighted by Gasteiger charge is -2.16. The van der Waals surface area contributed by atoms with Crippen molar-refractivity contribution in [3.8, 4) is 0 Å². The lowest BCUT2D eigenvalue weighted by Crippen LogP contribution is -2.37. The molecular formula is C13H12ClFN2O. The van der Waals surface area contributed by atoms with E-state index in [-0.39, 0.29) is 24.1 Å². The van der Waals surface area contributed by atoms with Crippen LogP contribution >= 0.6 is 12.4 Å². The van der Waals surface area contributed by atoms with Crippen molar-refractivity contribution in [2.45, 2.75) is 0 Å². The summed E-state index contributed by atoms with van der Waals surface area (Å²) in [5, 5.41) is 1.03. The molecule has 0 saturated heterocycles. The number of benzene rings is 2. The number of hydrazine groups is 1. The lowest BCUT2D eigenvalue weighted by molar-refractivity contribution is 0.0987. The summed E-state index contributed by atoms with van der Waals surface area (Å²) in [6.07, 6.45) is 0. The molecule has 0 fully saturated rings. The van der Waals surface area contributed by atoms with E-state index in [1.165, 1.54) is 24.3 Å². The van der Waals surface area contributed by atoms with Gasteiger partial charge in [0.05, 0.1) is 5.69 Å². The number of anilines is 1. The van der Waals surface area contributed by atoms with Crippen molar-refractivity contribution in [1.29, 1.82) is 0 Å². The maximum Gasteiger partial charge on any atom is 0.272 e. The van der Waals surface area contributed by atoms with Crippen LogP contribution in [0.4, 0.5) is 10.1 Å². The number of halogens is 2. The van der Waals surface area contributed by atoms with Crippen LogP contribution in [0.3, 0.4) is 0 Å². The summed E-state index contributed by atoms with van der Waals surface area (Å²) in [5.41, 5.74) is 0.930. The quantitative estimate of drug-likeness (QED) is 0.516. The Hall–Kier alpha value is -1.91. The van der Waals surface area contributed by atoms with E-state index in [4.69, 9.17) is 5.84 Å². The highest BCUT2D eigenvalue weighted by atomic mass is 35.5. The highest BCUT2D eigenvalue weighted by Crippen LogP contribution is 2.13. The van der Waals surface area contributed by atoms with Gasteiger partial charge in [0.25, 0.3) is 5.91 Å². The topological polar surface area (TPSA) is 46.3 Å². The largest absolute Gasteiger partial charge is 0.272 e. The minimum atomic E-state index is -0.384. The Morgan fingerprint density at radius 1 is 1.00 bits per heavy atom. The Morgan fingerprint density at radius 2 is 1.56 bits per heavy atom. The molecule has 0 aliphatic rings. The van der Waals surface area contributed by atoms with Crippen molar-refractivity contribution >= 4 is 24.0 Å². The number of hydrogen-bond donors (Lipinski definition) is 1. The highest BCUT2D eigenvalue weighted by molar-refractivity contribution is 6.05. The van der Waals surface area contributed by atoms with Crippen molar-refractivity contribution in [2.24, 2.45) is 5.84 Å². The fourth-order valence-electron chi connectivity index (χ4n) is 1.44. The van der Waals surface area contributed by atoms with E-state index >= 15 is 0 Å². The zero-order valence-electron chi connectivity index (χ0n) is 9.42. The molecule has 2 N–H and O–H groups in total. The zero-order chi connectivity index (χ0) is 12.3. The van der Waals surface area contributed by atoms with Gasteiger partial charge < -0.3 is 0 Å². The zero-order valence-corrected chi connectivity index (χ0v) is 10.2. The van der Waals surface area contributed by atoms with Crippen LogP contribution in [0.2, 0.25) is 0 Å². The van der Waals surface area contributed by atoms with Gasteiger partial charge in [-0.05, 0) is 36.4 Å². The highest BCUT2D eigenvalue weighted by Gasteiger charge is 2.13. The van der Waals surface area contributed by atoms with E-state index < -0.39 is 0 Å². The van der Waals surface area contributed by atoms with Gasteiger partial charge in [-0.25, -0.2) is 15.2 Å². The van der Waals surface area contributed by atoms with Gasteiger partial charge in [0, 0.05) is 5.56 Å². The first-order valence-electron chi connectivity index (χ1n) is 5.08. The van der Waals surface area contributed by atoms with Crippen LogP contribution in [0.5, 0.6) is 0 Å². The van der Waals surface area contributed by atoms with Crippen LogP contribution in [0.1, 0.15) is 10.4 Å². The van der Waals surface area contributed by atoms with Crippen LogP contribution in [0, 0.1) is 5.82 Å². The van der Waals surface area contributed by atoms with Gasteiger partial charge in [-0.1, -0.05) is 18.2 Å². The van der Waals surface area contributed by atoms with E-state index in [0.29, 0.717) is 11.3 Å². The molecule has 0 aliphatic heterocycles. The predicted octanol–water partition coefficient (Wildman–Crippen LogP) is 2.77. The van der Waals surface area contributed by atoms with Crippen molar-refractivity contribution in [2.75, 3.05) is 5.01 Å². The second-order valence-corrected chi connectivity index (χ2v) is 3.52. The molecule has 0 heterocycles. The van der Waals surface area contributed by atoms with E-state index in [9.17, 15) is 9.18 Å². The number of nitrogens with zero attached hydrogens (tertiary/aromatic N) is 1. The fourth-order valence-corrected chi connectivity index (χ4v) is 1.44.